The number of rotatable bonds is 7. The number of fused-ring (bicyclic) bond motifs is 5. The summed E-state index contributed by atoms with van der Waals surface area (Å²) in [6, 6.07) is 68.0. The van der Waals surface area contributed by atoms with Gasteiger partial charge in [0.15, 0.2) is 0 Å². The van der Waals surface area contributed by atoms with E-state index in [1.54, 1.807) is 0 Å². The Kier molecular flexibility index (Phi) is 8.37. The molecule has 59 heavy (non-hydrogen) atoms. The molecule has 0 aliphatic heterocycles. The third-order valence-electron chi connectivity index (χ3n) is 12.5. The van der Waals surface area contributed by atoms with Crippen LogP contribution in [0.3, 0.4) is 0 Å². The predicted octanol–water partition coefficient (Wildman–Crippen LogP) is 15.8. The molecule has 0 radical (unpaired) electrons. The van der Waals surface area contributed by atoms with Gasteiger partial charge in [-0.3, -0.25) is 0 Å². The molecule has 2 heteroatoms. The number of allylic oxidation sites excluding steroid dienone is 8. The molecule has 0 saturated carbocycles. The summed E-state index contributed by atoms with van der Waals surface area (Å²) in [6.07, 6.45) is 13.8. The van der Waals surface area contributed by atoms with Gasteiger partial charge in [0.2, 0.25) is 0 Å². The van der Waals surface area contributed by atoms with Crippen LogP contribution in [0.2, 0.25) is 0 Å². The summed E-state index contributed by atoms with van der Waals surface area (Å²) in [5.41, 5.74) is 14.6. The smallest absolute Gasteiger partial charge is 0.136 e. The monoisotopic (exact) mass is 755 g/mol. The lowest BCUT2D eigenvalue weighted by molar-refractivity contribution is 0.478. The Bertz CT molecular complexity index is 3190. The second-order valence-electron chi connectivity index (χ2n) is 15.8. The van der Waals surface area contributed by atoms with Crippen molar-refractivity contribution in [1.29, 1.82) is 0 Å². The Morgan fingerprint density at radius 2 is 1.17 bits per heavy atom. The van der Waals surface area contributed by atoms with Crippen LogP contribution < -0.4 is 4.90 Å². The maximum Gasteiger partial charge on any atom is 0.136 e. The van der Waals surface area contributed by atoms with E-state index >= 15 is 0 Å². The average molecular weight is 756 g/mol. The van der Waals surface area contributed by atoms with Crippen molar-refractivity contribution < 1.29 is 4.42 Å². The molecular formula is C57H41NO. The molecular weight excluding hydrogens is 715 g/mol. The van der Waals surface area contributed by atoms with Crippen LogP contribution in [-0.4, -0.2) is 0 Å². The van der Waals surface area contributed by atoms with Crippen molar-refractivity contribution in [3.05, 3.63) is 241 Å². The van der Waals surface area contributed by atoms with Gasteiger partial charge in [-0.25, -0.2) is 0 Å². The van der Waals surface area contributed by atoms with Crippen molar-refractivity contribution >= 4 is 55.3 Å². The normalized spacial score (nSPS) is 17.2. The zero-order valence-electron chi connectivity index (χ0n) is 32.8. The lowest BCUT2D eigenvalue weighted by Crippen LogP contribution is -2.32. The minimum atomic E-state index is -0.314. The second kappa shape index (κ2) is 14.2. The van der Waals surface area contributed by atoms with Gasteiger partial charge in [-0.2, -0.15) is 0 Å². The van der Waals surface area contributed by atoms with Gasteiger partial charge in [-0.1, -0.05) is 189 Å². The molecule has 0 bridgehead atoms. The molecule has 2 atom stereocenters. The van der Waals surface area contributed by atoms with Gasteiger partial charge in [-0.15, -0.1) is 0 Å². The van der Waals surface area contributed by atoms with E-state index in [0.717, 1.165) is 50.1 Å². The van der Waals surface area contributed by atoms with Gasteiger partial charge < -0.3 is 9.32 Å². The van der Waals surface area contributed by atoms with E-state index in [2.05, 4.69) is 224 Å². The molecule has 0 N–H and O–H groups in total. The quantitative estimate of drug-likeness (QED) is 0.161. The zero-order valence-corrected chi connectivity index (χ0v) is 32.8. The number of furan rings is 1. The first-order chi connectivity index (χ1) is 29.1. The molecule has 8 aromatic carbocycles. The van der Waals surface area contributed by atoms with Gasteiger partial charge in [0.05, 0.1) is 5.69 Å². The van der Waals surface area contributed by atoms with Crippen molar-refractivity contribution in [2.45, 2.75) is 12.8 Å². The fourth-order valence-electron chi connectivity index (χ4n) is 9.67. The molecule has 11 rings (SSSR count). The summed E-state index contributed by atoms with van der Waals surface area (Å²) >= 11 is 0. The maximum atomic E-state index is 6.38. The highest BCUT2D eigenvalue weighted by atomic mass is 16.3. The first kappa shape index (κ1) is 34.8. The van der Waals surface area contributed by atoms with Crippen LogP contribution in [0.25, 0.3) is 60.5 Å². The van der Waals surface area contributed by atoms with E-state index in [9.17, 15) is 0 Å². The van der Waals surface area contributed by atoms with Crippen molar-refractivity contribution in [3.8, 4) is 22.3 Å². The van der Waals surface area contributed by atoms with Crippen LogP contribution in [0.5, 0.6) is 0 Å². The third-order valence-corrected chi connectivity index (χ3v) is 12.5. The lowest BCUT2D eigenvalue weighted by atomic mass is 9.59. The standard InChI is InChI=1S/C57H41NO/c1-57-43(22-15-30-51(57)40-18-3-2-4-19-40)23-16-31-52(57)50-28-8-11-33-54(50)58(53-32-10-7-26-47(53)46-29-14-20-39-17-5-6-25-45(39)46)44-24-13-21-41(37-44)42-35-36-49-48-27-9-12-34-55(48)59-56(49)38-42/h2-38,52H,1H3. The van der Waals surface area contributed by atoms with E-state index in [1.807, 2.05) is 12.1 Å². The summed E-state index contributed by atoms with van der Waals surface area (Å²) < 4.78 is 6.38. The number of hydrogen-bond donors (Lipinski definition) is 0. The first-order valence-corrected chi connectivity index (χ1v) is 20.5. The summed E-state index contributed by atoms with van der Waals surface area (Å²) in [5.74, 6) is 0.0426. The molecule has 9 aromatic rings. The van der Waals surface area contributed by atoms with Crippen molar-refractivity contribution in [2.75, 3.05) is 4.90 Å². The minimum Gasteiger partial charge on any atom is -0.456 e. The number of benzene rings is 8. The van der Waals surface area contributed by atoms with E-state index in [-0.39, 0.29) is 11.3 Å². The van der Waals surface area contributed by atoms with Crippen LogP contribution in [0.1, 0.15) is 24.0 Å². The Morgan fingerprint density at radius 1 is 0.492 bits per heavy atom. The number of hydrogen-bond acceptors (Lipinski definition) is 2. The number of nitrogens with zero attached hydrogens (tertiary/aromatic N) is 1. The Morgan fingerprint density at radius 3 is 2.08 bits per heavy atom. The Labute approximate surface area is 345 Å². The molecule has 0 spiro atoms. The first-order valence-electron chi connectivity index (χ1n) is 20.5. The summed E-state index contributed by atoms with van der Waals surface area (Å²) in [7, 11) is 0. The van der Waals surface area contributed by atoms with Crippen LogP contribution in [-0.2, 0) is 0 Å². The number of para-hydroxylation sites is 3. The van der Waals surface area contributed by atoms with Crippen molar-refractivity contribution in [2.24, 2.45) is 5.41 Å². The van der Waals surface area contributed by atoms with Gasteiger partial charge in [0, 0.05) is 39.0 Å². The van der Waals surface area contributed by atoms with Crippen molar-refractivity contribution in [3.63, 3.8) is 0 Å². The summed E-state index contributed by atoms with van der Waals surface area (Å²) in [6.45, 7) is 2.43. The second-order valence-corrected chi connectivity index (χ2v) is 15.8. The average Bonchev–Trinajstić information content (AvgIpc) is 3.67. The summed E-state index contributed by atoms with van der Waals surface area (Å²) in [5, 5.41) is 4.72. The molecule has 2 aliphatic rings. The minimum absolute atomic E-state index is 0.0426. The highest BCUT2D eigenvalue weighted by Crippen LogP contribution is 2.58. The van der Waals surface area contributed by atoms with E-state index in [0.29, 0.717) is 0 Å². The highest BCUT2D eigenvalue weighted by Gasteiger charge is 2.43. The Hall–Kier alpha value is -7.42. The fraction of sp³-hybridized carbons (Fsp3) is 0.0526. The molecule has 2 aliphatic carbocycles. The number of anilines is 3. The predicted molar refractivity (Wildman–Crippen MR) is 248 cm³/mol. The topological polar surface area (TPSA) is 16.4 Å². The third kappa shape index (κ3) is 5.79. The fourth-order valence-corrected chi connectivity index (χ4v) is 9.67. The SMILES string of the molecule is CC12C(=CC=CC1c1ccccc1N(c1cccc(-c3ccc4c(c3)oc3ccccc34)c1)c1ccccc1-c1cccc3ccccc13)C=CC=C2c1ccccc1. The van der Waals surface area contributed by atoms with Crippen molar-refractivity contribution in [1.82, 2.24) is 0 Å². The van der Waals surface area contributed by atoms with Gasteiger partial charge in [0.1, 0.15) is 11.2 Å². The molecule has 1 aromatic heterocycles. The zero-order chi connectivity index (χ0) is 39.3. The van der Waals surface area contributed by atoms with Gasteiger partial charge in [-0.05, 0) is 92.2 Å². The molecule has 1 heterocycles. The van der Waals surface area contributed by atoms with E-state index < -0.39 is 0 Å². The van der Waals surface area contributed by atoms with Gasteiger partial charge in [0.25, 0.3) is 0 Å². The Balaban J connectivity index is 1.13. The van der Waals surface area contributed by atoms with Crippen LogP contribution >= 0.6 is 0 Å². The van der Waals surface area contributed by atoms with E-state index in [4.69, 9.17) is 4.42 Å². The summed E-state index contributed by atoms with van der Waals surface area (Å²) in [4.78, 5) is 2.50. The van der Waals surface area contributed by atoms with Gasteiger partial charge >= 0.3 is 0 Å². The molecule has 0 amide bonds. The lowest BCUT2D eigenvalue weighted by Gasteiger charge is -2.45. The maximum absolute atomic E-state index is 6.38. The molecule has 0 saturated heterocycles. The largest absolute Gasteiger partial charge is 0.456 e. The molecule has 280 valence electrons. The highest BCUT2D eigenvalue weighted by molar-refractivity contribution is 6.06. The molecule has 2 nitrogen and oxygen atoms in total. The van der Waals surface area contributed by atoms with E-state index in [1.165, 1.54) is 44.2 Å². The molecule has 2 unspecified atom stereocenters. The van der Waals surface area contributed by atoms with Crippen LogP contribution in [0.15, 0.2) is 235 Å². The van der Waals surface area contributed by atoms with Crippen LogP contribution in [0, 0.1) is 5.41 Å². The molecule has 0 fully saturated rings. The van der Waals surface area contributed by atoms with Crippen LogP contribution in [0.4, 0.5) is 17.1 Å².